The SMILES string of the molecule is NC(=O)Cn1c2c(ccc1=O)CCC2. The molecule has 1 aliphatic rings. The van der Waals surface area contributed by atoms with Gasteiger partial charge in [-0.05, 0) is 24.8 Å². The quantitative estimate of drug-likeness (QED) is 0.706. The maximum atomic E-state index is 11.5. The van der Waals surface area contributed by atoms with Crippen molar-refractivity contribution in [3.63, 3.8) is 0 Å². The van der Waals surface area contributed by atoms with Crippen LogP contribution in [0.25, 0.3) is 0 Å². The van der Waals surface area contributed by atoms with E-state index in [1.807, 2.05) is 6.07 Å². The van der Waals surface area contributed by atoms with Crippen molar-refractivity contribution in [1.82, 2.24) is 4.57 Å². The highest BCUT2D eigenvalue weighted by molar-refractivity contribution is 5.73. The van der Waals surface area contributed by atoms with Crippen molar-refractivity contribution in [3.05, 3.63) is 33.7 Å². The third-order valence-corrected chi connectivity index (χ3v) is 2.56. The van der Waals surface area contributed by atoms with Crippen molar-refractivity contribution in [3.8, 4) is 0 Å². The summed E-state index contributed by atoms with van der Waals surface area (Å²) >= 11 is 0. The fraction of sp³-hybridized carbons (Fsp3) is 0.400. The van der Waals surface area contributed by atoms with Crippen LogP contribution in [0.3, 0.4) is 0 Å². The Hall–Kier alpha value is -1.58. The summed E-state index contributed by atoms with van der Waals surface area (Å²) in [5.41, 5.74) is 7.11. The van der Waals surface area contributed by atoms with Gasteiger partial charge in [0, 0.05) is 11.8 Å². The zero-order chi connectivity index (χ0) is 10.1. The molecule has 0 bridgehead atoms. The lowest BCUT2D eigenvalue weighted by Gasteiger charge is -2.08. The number of hydrogen-bond donors (Lipinski definition) is 1. The Bertz CT molecular complexity index is 434. The maximum Gasteiger partial charge on any atom is 0.251 e. The van der Waals surface area contributed by atoms with Gasteiger partial charge in [0.25, 0.3) is 5.56 Å². The van der Waals surface area contributed by atoms with Crippen molar-refractivity contribution in [2.45, 2.75) is 25.8 Å². The van der Waals surface area contributed by atoms with Gasteiger partial charge in [0.1, 0.15) is 6.54 Å². The highest BCUT2D eigenvalue weighted by Gasteiger charge is 2.16. The first-order chi connectivity index (χ1) is 6.68. The Morgan fingerprint density at radius 2 is 2.21 bits per heavy atom. The van der Waals surface area contributed by atoms with E-state index in [4.69, 9.17) is 5.73 Å². The summed E-state index contributed by atoms with van der Waals surface area (Å²) in [5.74, 6) is -0.465. The van der Waals surface area contributed by atoms with Gasteiger partial charge in [-0.2, -0.15) is 0 Å². The minimum atomic E-state index is -0.465. The number of amides is 1. The molecule has 4 heteroatoms. The summed E-state index contributed by atoms with van der Waals surface area (Å²) in [6, 6.07) is 3.36. The van der Waals surface area contributed by atoms with Crippen LogP contribution < -0.4 is 11.3 Å². The molecule has 0 saturated heterocycles. The first kappa shape index (κ1) is 8.99. The molecule has 1 heterocycles. The van der Waals surface area contributed by atoms with Crippen LogP contribution in [0.1, 0.15) is 17.7 Å². The lowest BCUT2D eigenvalue weighted by atomic mass is 10.2. The Labute approximate surface area is 81.3 Å². The number of carbonyl (C=O) groups excluding carboxylic acids is 1. The molecule has 74 valence electrons. The van der Waals surface area contributed by atoms with Crippen LogP contribution in [0.2, 0.25) is 0 Å². The van der Waals surface area contributed by atoms with E-state index in [0.717, 1.165) is 25.0 Å². The molecule has 1 amide bonds. The third-order valence-electron chi connectivity index (χ3n) is 2.56. The van der Waals surface area contributed by atoms with E-state index >= 15 is 0 Å². The molecule has 2 N–H and O–H groups in total. The maximum absolute atomic E-state index is 11.5. The van der Waals surface area contributed by atoms with E-state index in [2.05, 4.69) is 0 Å². The van der Waals surface area contributed by atoms with E-state index in [1.165, 1.54) is 16.2 Å². The monoisotopic (exact) mass is 192 g/mol. The lowest BCUT2D eigenvalue weighted by Crippen LogP contribution is -2.29. The zero-order valence-electron chi connectivity index (χ0n) is 7.82. The highest BCUT2D eigenvalue weighted by atomic mass is 16.2. The number of pyridine rings is 1. The fourth-order valence-electron chi connectivity index (χ4n) is 1.96. The van der Waals surface area contributed by atoms with Crippen molar-refractivity contribution >= 4 is 5.91 Å². The number of fused-ring (bicyclic) bond motifs is 1. The largest absolute Gasteiger partial charge is 0.368 e. The second-order valence-electron chi connectivity index (χ2n) is 3.55. The molecule has 0 unspecified atom stereocenters. The average molecular weight is 192 g/mol. The van der Waals surface area contributed by atoms with Crippen molar-refractivity contribution < 1.29 is 4.79 Å². The number of aromatic nitrogens is 1. The third kappa shape index (κ3) is 1.43. The molecule has 14 heavy (non-hydrogen) atoms. The lowest BCUT2D eigenvalue weighted by molar-refractivity contribution is -0.118. The molecule has 0 saturated carbocycles. The van der Waals surface area contributed by atoms with Crippen LogP contribution in [0.5, 0.6) is 0 Å². The van der Waals surface area contributed by atoms with E-state index < -0.39 is 5.91 Å². The minimum Gasteiger partial charge on any atom is -0.368 e. The Kier molecular flexibility index (Phi) is 2.11. The van der Waals surface area contributed by atoms with Gasteiger partial charge in [-0.3, -0.25) is 9.59 Å². The smallest absolute Gasteiger partial charge is 0.251 e. The second-order valence-corrected chi connectivity index (χ2v) is 3.55. The number of hydrogen-bond acceptors (Lipinski definition) is 2. The number of nitrogens with zero attached hydrogens (tertiary/aromatic N) is 1. The highest BCUT2D eigenvalue weighted by Crippen LogP contribution is 2.19. The summed E-state index contributed by atoms with van der Waals surface area (Å²) in [6.07, 6.45) is 2.92. The standard InChI is InChI=1S/C10H12N2O2/c11-9(13)6-12-8-3-1-2-7(8)4-5-10(12)14/h4-5H,1-3,6H2,(H2,11,13). The molecule has 1 aromatic rings. The molecular weight excluding hydrogens is 180 g/mol. The zero-order valence-corrected chi connectivity index (χ0v) is 7.82. The van der Waals surface area contributed by atoms with Gasteiger partial charge in [-0.15, -0.1) is 0 Å². The topological polar surface area (TPSA) is 65.1 Å². The number of nitrogens with two attached hydrogens (primary N) is 1. The molecule has 4 nitrogen and oxygen atoms in total. The van der Waals surface area contributed by atoms with Gasteiger partial charge in [0.2, 0.25) is 5.91 Å². The van der Waals surface area contributed by atoms with Crippen LogP contribution in [-0.4, -0.2) is 10.5 Å². The molecule has 0 radical (unpaired) electrons. The van der Waals surface area contributed by atoms with Gasteiger partial charge >= 0.3 is 0 Å². The summed E-state index contributed by atoms with van der Waals surface area (Å²) in [4.78, 5) is 22.3. The Balaban J connectivity index is 2.51. The van der Waals surface area contributed by atoms with Crippen molar-refractivity contribution in [2.75, 3.05) is 0 Å². The normalized spacial score (nSPS) is 14.0. The van der Waals surface area contributed by atoms with Crippen LogP contribution in [-0.2, 0) is 24.2 Å². The van der Waals surface area contributed by atoms with Gasteiger partial charge in [-0.1, -0.05) is 6.07 Å². The summed E-state index contributed by atoms with van der Waals surface area (Å²) < 4.78 is 1.49. The fourth-order valence-corrected chi connectivity index (χ4v) is 1.96. The number of carbonyl (C=O) groups is 1. The predicted molar refractivity (Wildman–Crippen MR) is 51.9 cm³/mol. The number of aryl methyl sites for hydroxylation is 1. The van der Waals surface area contributed by atoms with Gasteiger partial charge in [0.05, 0.1) is 0 Å². The molecular formula is C10H12N2O2. The van der Waals surface area contributed by atoms with Gasteiger partial charge < -0.3 is 10.3 Å². The van der Waals surface area contributed by atoms with Crippen LogP contribution >= 0.6 is 0 Å². The van der Waals surface area contributed by atoms with Crippen LogP contribution in [0.4, 0.5) is 0 Å². The minimum absolute atomic E-state index is 0.00199. The number of rotatable bonds is 2. The molecule has 1 aliphatic carbocycles. The summed E-state index contributed by atoms with van der Waals surface area (Å²) in [5, 5.41) is 0. The predicted octanol–water partition coefficient (Wildman–Crippen LogP) is -0.178. The molecule has 2 rings (SSSR count). The number of primary amides is 1. The van der Waals surface area contributed by atoms with Crippen LogP contribution in [0.15, 0.2) is 16.9 Å². The van der Waals surface area contributed by atoms with E-state index in [-0.39, 0.29) is 12.1 Å². The Morgan fingerprint density at radius 1 is 1.43 bits per heavy atom. The van der Waals surface area contributed by atoms with Gasteiger partial charge in [0.15, 0.2) is 0 Å². The second kappa shape index (κ2) is 3.29. The molecule has 0 fully saturated rings. The average Bonchev–Trinajstić information content (AvgIpc) is 2.57. The van der Waals surface area contributed by atoms with Crippen molar-refractivity contribution in [2.24, 2.45) is 5.73 Å². The van der Waals surface area contributed by atoms with Crippen LogP contribution in [0, 0.1) is 0 Å². The first-order valence-electron chi connectivity index (χ1n) is 4.68. The van der Waals surface area contributed by atoms with E-state index in [0.29, 0.717) is 0 Å². The summed E-state index contributed by atoms with van der Waals surface area (Å²) in [6.45, 7) is 0.00199. The summed E-state index contributed by atoms with van der Waals surface area (Å²) in [7, 11) is 0. The Morgan fingerprint density at radius 3 is 2.93 bits per heavy atom. The molecule has 0 aliphatic heterocycles. The molecule has 0 spiro atoms. The van der Waals surface area contributed by atoms with Crippen molar-refractivity contribution in [1.29, 1.82) is 0 Å². The first-order valence-corrected chi connectivity index (χ1v) is 4.68. The molecule has 0 atom stereocenters. The van der Waals surface area contributed by atoms with E-state index in [9.17, 15) is 9.59 Å². The molecule has 0 aromatic carbocycles. The van der Waals surface area contributed by atoms with Gasteiger partial charge in [-0.25, -0.2) is 0 Å². The van der Waals surface area contributed by atoms with E-state index in [1.54, 1.807) is 0 Å². The molecule has 1 aromatic heterocycles.